The molecule has 0 saturated heterocycles. The Morgan fingerprint density at radius 3 is 2.56 bits per heavy atom. The number of benzene rings is 1. The predicted molar refractivity (Wildman–Crippen MR) is 67.3 cm³/mol. The number of carbonyl (C=O) groups is 1. The molecular formula is C13H20N2O. The van der Waals surface area contributed by atoms with E-state index in [1.54, 1.807) is 4.90 Å². The molecule has 1 aromatic rings. The lowest BCUT2D eigenvalue weighted by atomic mass is 10.1. The number of hydrogen-bond donors (Lipinski definition) is 1. The first-order chi connectivity index (χ1) is 7.65. The van der Waals surface area contributed by atoms with Crippen LogP contribution in [-0.2, 0) is 4.79 Å². The van der Waals surface area contributed by atoms with Gasteiger partial charge in [-0.2, -0.15) is 0 Å². The van der Waals surface area contributed by atoms with Gasteiger partial charge < -0.3 is 10.6 Å². The number of rotatable bonds is 5. The highest BCUT2D eigenvalue weighted by Gasteiger charge is 2.11. The van der Waals surface area contributed by atoms with Crippen molar-refractivity contribution >= 4 is 11.6 Å². The van der Waals surface area contributed by atoms with Crippen molar-refractivity contribution in [3.63, 3.8) is 0 Å². The molecule has 16 heavy (non-hydrogen) atoms. The van der Waals surface area contributed by atoms with Crippen LogP contribution in [0.3, 0.4) is 0 Å². The van der Waals surface area contributed by atoms with Crippen molar-refractivity contribution in [2.75, 3.05) is 18.5 Å². The molecule has 3 nitrogen and oxygen atoms in total. The quantitative estimate of drug-likeness (QED) is 0.825. The maximum Gasteiger partial charge on any atom is 0.226 e. The first kappa shape index (κ1) is 12.7. The summed E-state index contributed by atoms with van der Waals surface area (Å²) >= 11 is 0. The van der Waals surface area contributed by atoms with E-state index in [0.717, 1.165) is 12.1 Å². The zero-order valence-electron chi connectivity index (χ0n) is 10.0. The lowest BCUT2D eigenvalue weighted by molar-refractivity contribution is -0.118. The monoisotopic (exact) mass is 220 g/mol. The van der Waals surface area contributed by atoms with Gasteiger partial charge in [0, 0.05) is 19.2 Å². The van der Waals surface area contributed by atoms with Crippen LogP contribution in [0.2, 0.25) is 0 Å². The zero-order valence-corrected chi connectivity index (χ0v) is 10.0. The van der Waals surface area contributed by atoms with E-state index in [4.69, 9.17) is 5.73 Å². The molecule has 0 aliphatic carbocycles. The van der Waals surface area contributed by atoms with Gasteiger partial charge in [0.05, 0.1) is 0 Å². The van der Waals surface area contributed by atoms with Crippen LogP contribution < -0.4 is 10.6 Å². The topological polar surface area (TPSA) is 46.3 Å². The molecule has 0 bridgehead atoms. The summed E-state index contributed by atoms with van der Waals surface area (Å²) in [5.74, 6) is 0.555. The van der Waals surface area contributed by atoms with Crippen molar-refractivity contribution in [1.29, 1.82) is 0 Å². The Kier molecular flexibility index (Phi) is 4.99. The van der Waals surface area contributed by atoms with Gasteiger partial charge in [-0.3, -0.25) is 4.79 Å². The lowest BCUT2D eigenvalue weighted by Gasteiger charge is -2.18. The third-order valence-corrected chi connectivity index (χ3v) is 2.77. The molecule has 1 aromatic carbocycles. The number of amides is 1. The number of para-hydroxylation sites is 1. The second-order valence-electron chi connectivity index (χ2n) is 4.17. The van der Waals surface area contributed by atoms with Gasteiger partial charge >= 0.3 is 0 Å². The highest BCUT2D eigenvalue weighted by molar-refractivity contribution is 5.92. The molecule has 0 spiro atoms. The van der Waals surface area contributed by atoms with E-state index in [1.807, 2.05) is 37.4 Å². The molecule has 0 heterocycles. The van der Waals surface area contributed by atoms with Crippen molar-refractivity contribution in [3.05, 3.63) is 30.3 Å². The summed E-state index contributed by atoms with van der Waals surface area (Å²) in [4.78, 5) is 13.5. The first-order valence-corrected chi connectivity index (χ1v) is 5.66. The Morgan fingerprint density at radius 2 is 2.00 bits per heavy atom. The second-order valence-corrected chi connectivity index (χ2v) is 4.17. The summed E-state index contributed by atoms with van der Waals surface area (Å²) in [6.45, 7) is 2.71. The standard InChI is InChI=1S/C13H20N2O/c1-11(10-14)8-9-13(16)15(2)12-6-4-3-5-7-12/h3-7,11H,8-10,14H2,1-2H3. The van der Waals surface area contributed by atoms with E-state index in [9.17, 15) is 4.79 Å². The number of nitrogens with zero attached hydrogens (tertiary/aromatic N) is 1. The number of nitrogens with two attached hydrogens (primary N) is 1. The molecule has 3 heteroatoms. The summed E-state index contributed by atoms with van der Waals surface area (Å²) in [6, 6.07) is 9.68. The van der Waals surface area contributed by atoms with Gasteiger partial charge in [0.15, 0.2) is 0 Å². The molecule has 1 amide bonds. The molecule has 0 radical (unpaired) electrons. The van der Waals surface area contributed by atoms with Crippen LogP contribution in [0.25, 0.3) is 0 Å². The van der Waals surface area contributed by atoms with Crippen LogP contribution in [0.4, 0.5) is 5.69 Å². The van der Waals surface area contributed by atoms with Gasteiger partial charge in [-0.25, -0.2) is 0 Å². The van der Waals surface area contributed by atoms with E-state index >= 15 is 0 Å². The van der Waals surface area contributed by atoms with E-state index in [2.05, 4.69) is 6.92 Å². The molecule has 0 aliphatic heterocycles. The lowest BCUT2D eigenvalue weighted by Crippen LogP contribution is -2.26. The average molecular weight is 220 g/mol. The highest BCUT2D eigenvalue weighted by Crippen LogP contribution is 2.14. The Bertz CT molecular complexity index is 324. The fourth-order valence-electron chi connectivity index (χ4n) is 1.45. The van der Waals surface area contributed by atoms with Gasteiger partial charge in [-0.1, -0.05) is 25.1 Å². The van der Waals surface area contributed by atoms with Crippen LogP contribution in [0.15, 0.2) is 30.3 Å². The minimum atomic E-state index is 0.145. The average Bonchev–Trinajstić information content (AvgIpc) is 2.35. The minimum absolute atomic E-state index is 0.145. The predicted octanol–water partition coefficient (Wildman–Crippen LogP) is 2.02. The number of carbonyl (C=O) groups excluding carboxylic acids is 1. The molecule has 0 aromatic heterocycles. The van der Waals surface area contributed by atoms with E-state index in [-0.39, 0.29) is 5.91 Å². The van der Waals surface area contributed by atoms with Crippen LogP contribution in [0.1, 0.15) is 19.8 Å². The summed E-state index contributed by atoms with van der Waals surface area (Å²) in [6.07, 6.45) is 1.41. The molecular weight excluding hydrogens is 200 g/mol. The number of hydrogen-bond acceptors (Lipinski definition) is 2. The summed E-state index contributed by atoms with van der Waals surface area (Å²) < 4.78 is 0. The van der Waals surface area contributed by atoms with Crippen LogP contribution in [-0.4, -0.2) is 19.5 Å². The van der Waals surface area contributed by atoms with Crippen molar-refractivity contribution in [2.45, 2.75) is 19.8 Å². The van der Waals surface area contributed by atoms with Gasteiger partial charge in [0.25, 0.3) is 0 Å². The van der Waals surface area contributed by atoms with Crippen molar-refractivity contribution in [2.24, 2.45) is 11.7 Å². The third kappa shape index (κ3) is 3.66. The SMILES string of the molecule is CC(CN)CCC(=O)N(C)c1ccccc1. The fraction of sp³-hybridized carbons (Fsp3) is 0.462. The number of anilines is 1. The minimum Gasteiger partial charge on any atom is -0.330 e. The van der Waals surface area contributed by atoms with Gasteiger partial charge in [-0.15, -0.1) is 0 Å². The largest absolute Gasteiger partial charge is 0.330 e. The Morgan fingerprint density at radius 1 is 1.38 bits per heavy atom. The molecule has 2 N–H and O–H groups in total. The van der Waals surface area contributed by atoms with Gasteiger partial charge in [-0.05, 0) is 31.0 Å². The molecule has 0 aliphatic rings. The van der Waals surface area contributed by atoms with Crippen molar-refractivity contribution in [3.8, 4) is 0 Å². The molecule has 0 fully saturated rings. The fourth-order valence-corrected chi connectivity index (χ4v) is 1.45. The highest BCUT2D eigenvalue weighted by atomic mass is 16.2. The second kappa shape index (κ2) is 6.28. The molecule has 1 rings (SSSR count). The van der Waals surface area contributed by atoms with E-state index in [1.165, 1.54) is 0 Å². The van der Waals surface area contributed by atoms with Crippen molar-refractivity contribution < 1.29 is 4.79 Å². The zero-order chi connectivity index (χ0) is 12.0. The van der Waals surface area contributed by atoms with Gasteiger partial charge in [0.1, 0.15) is 0 Å². The summed E-state index contributed by atoms with van der Waals surface area (Å²) in [5, 5.41) is 0. The smallest absolute Gasteiger partial charge is 0.226 e. The maximum atomic E-state index is 11.8. The Balaban J connectivity index is 2.49. The van der Waals surface area contributed by atoms with Gasteiger partial charge in [0.2, 0.25) is 5.91 Å². The normalized spacial score (nSPS) is 12.2. The van der Waals surface area contributed by atoms with Crippen LogP contribution in [0.5, 0.6) is 0 Å². The molecule has 0 saturated carbocycles. The molecule has 88 valence electrons. The maximum absolute atomic E-state index is 11.8. The third-order valence-electron chi connectivity index (χ3n) is 2.77. The Labute approximate surface area is 97.2 Å². The molecule has 1 unspecified atom stereocenters. The summed E-state index contributed by atoms with van der Waals surface area (Å²) in [7, 11) is 1.81. The van der Waals surface area contributed by atoms with E-state index in [0.29, 0.717) is 18.9 Å². The van der Waals surface area contributed by atoms with Crippen LogP contribution >= 0.6 is 0 Å². The summed E-state index contributed by atoms with van der Waals surface area (Å²) in [5.41, 5.74) is 6.46. The Hall–Kier alpha value is -1.35. The van der Waals surface area contributed by atoms with Crippen molar-refractivity contribution in [1.82, 2.24) is 0 Å². The molecule has 1 atom stereocenters. The first-order valence-electron chi connectivity index (χ1n) is 5.66. The van der Waals surface area contributed by atoms with E-state index < -0.39 is 0 Å². The van der Waals surface area contributed by atoms with Crippen LogP contribution in [0, 0.1) is 5.92 Å².